The Morgan fingerprint density at radius 1 is 1.47 bits per heavy atom. The Balaban J connectivity index is 2.31. The standard InChI is InChI=1S/C12H13N5O2/c1-8-3-4-10(5-11(8)17(18)19)6-14-16-7-9(2)15-12(16)13/h3-7H,1-2H3,(H2,13,15). The Bertz CT molecular complexity index is 660. The average Bonchev–Trinajstić information content (AvgIpc) is 2.66. The van der Waals surface area contributed by atoms with Gasteiger partial charge in [-0.15, -0.1) is 0 Å². The van der Waals surface area contributed by atoms with Crippen LogP contribution in [0.25, 0.3) is 0 Å². The zero-order chi connectivity index (χ0) is 14.0. The Morgan fingerprint density at radius 3 is 2.79 bits per heavy atom. The number of nitrogens with zero attached hydrogens (tertiary/aromatic N) is 4. The second kappa shape index (κ2) is 4.89. The molecule has 1 heterocycles. The summed E-state index contributed by atoms with van der Waals surface area (Å²) >= 11 is 0. The number of aryl methyl sites for hydroxylation is 2. The average molecular weight is 259 g/mol. The molecule has 0 radical (unpaired) electrons. The zero-order valence-electron chi connectivity index (χ0n) is 10.6. The number of imidazole rings is 1. The van der Waals surface area contributed by atoms with Gasteiger partial charge in [0.15, 0.2) is 0 Å². The van der Waals surface area contributed by atoms with E-state index in [-0.39, 0.29) is 11.6 Å². The predicted molar refractivity (Wildman–Crippen MR) is 72.2 cm³/mol. The van der Waals surface area contributed by atoms with Crippen LogP contribution in [0.5, 0.6) is 0 Å². The van der Waals surface area contributed by atoms with Crippen molar-refractivity contribution in [3.8, 4) is 0 Å². The molecule has 2 N–H and O–H groups in total. The molecule has 2 aromatic rings. The Labute approximate surface area is 109 Å². The first kappa shape index (κ1) is 12.7. The second-order valence-corrected chi connectivity index (χ2v) is 4.13. The highest BCUT2D eigenvalue weighted by molar-refractivity contribution is 5.81. The molecule has 0 spiro atoms. The van der Waals surface area contributed by atoms with E-state index < -0.39 is 4.92 Å². The molecule has 0 aliphatic rings. The van der Waals surface area contributed by atoms with Gasteiger partial charge in [-0.2, -0.15) is 5.10 Å². The topological polar surface area (TPSA) is 99.3 Å². The maximum Gasteiger partial charge on any atom is 0.272 e. The van der Waals surface area contributed by atoms with Crippen molar-refractivity contribution in [3.63, 3.8) is 0 Å². The van der Waals surface area contributed by atoms with Crippen molar-refractivity contribution in [2.45, 2.75) is 13.8 Å². The molecule has 19 heavy (non-hydrogen) atoms. The summed E-state index contributed by atoms with van der Waals surface area (Å²) in [6.07, 6.45) is 3.18. The third kappa shape index (κ3) is 2.76. The molecule has 0 aliphatic heterocycles. The van der Waals surface area contributed by atoms with Gasteiger partial charge in [0.25, 0.3) is 5.69 Å². The van der Waals surface area contributed by atoms with Gasteiger partial charge in [0.1, 0.15) is 0 Å². The van der Waals surface area contributed by atoms with Crippen molar-refractivity contribution in [2.24, 2.45) is 5.10 Å². The van der Waals surface area contributed by atoms with E-state index >= 15 is 0 Å². The highest BCUT2D eigenvalue weighted by Gasteiger charge is 2.10. The van der Waals surface area contributed by atoms with E-state index in [0.717, 1.165) is 5.69 Å². The third-order valence-corrected chi connectivity index (χ3v) is 2.60. The minimum Gasteiger partial charge on any atom is -0.368 e. The molecule has 0 saturated carbocycles. The minimum atomic E-state index is -0.414. The summed E-state index contributed by atoms with van der Waals surface area (Å²) in [7, 11) is 0. The lowest BCUT2D eigenvalue weighted by molar-refractivity contribution is -0.385. The molecule has 0 fully saturated rings. The number of hydrogen-bond acceptors (Lipinski definition) is 5. The van der Waals surface area contributed by atoms with Crippen molar-refractivity contribution < 1.29 is 4.92 Å². The summed E-state index contributed by atoms with van der Waals surface area (Å²) in [6, 6.07) is 4.91. The van der Waals surface area contributed by atoms with Gasteiger partial charge in [-0.25, -0.2) is 9.66 Å². The largest absolute Gasteiger partial charge is 0.368 e. The molecule has 7 heteroatoms. The van der Waals surface area contributed by atoms with E-state index in [4.69, 9.17) is 5.73 Å². The van der Waals surface area contributed by atoms with Gasteiger partial charge in [-0.1, -0.05) is 12.1 Å². The molecule has 0 atom stereocenters. The maximum atomic E-state index is 10.8. The molecular formula is C12H13N5O2. The first-order chi connectivity index (χ1) is 8.97. The van der Waals surface area contributed by atoms with Gasteiger partial charge >= 0.3 is 0 Å². The first-order valence-electron chi connectivity index (χ1n) is 5.58. The van der Waals surface area contributed by atoms with Crippen LogP contribution in [-0.4, -0.2) is 20.8 Å². The highest BCUT2D eigenvalue weighted by Crippen LogP contribution is 2.18. The summed E-state index contributed by atoms with van der Waals surface area (Å²) in [5.74, 6) is 0.273. The van der Waals surface area contributed by atoms with Crippen LogP contribution >= 0.6 is 0 Å². The quantitative estimate of drug-likeness (QED) is 0.516. The third-order valence-electron chi connectivity index (χ3n) is 2.60. The number of anilines is 1. The fourth-order valence-electron chi connectivity index (χ4n) is 1.63. The number of benzene rings is 1. The molecule has 0 aliphatic carbocycles. The molecule has 0 amide bonds. The van der Waals surface area contributed by atoms with E-state index in [0.29, 0.717) is 11.1 Å². The van der Waals surface area contributed by atoms with Crippen LogP contribution in [0.4, 0.5) is 11.6 Å². The number of aromatic nitrogens is 2. The van der Waals surface area contributed by atoms with Crippen LogP contribution in [0.15, 0.2) is 29.5 Å². The molecule has 1 aromatic heterocycles. The predicted octanol–water partition coefficient (Wildman–Crippen LogP) is 1.87. The summed E-state index contributed by atoms with van der Waals surface area (Å²) in [6.45, 7) is 3.50. The number of nitro groups is 1. The van der Waals surface area contributed by atoms with Crippen molar-refractivity contribution >= 4 is 17.9 Å². The van der Waals surface area contributed by atoms with Crippen LogP contribution in [-0.2, 0) is 0 Å². The van der Waals surface area contributed by atoms with Crippen LogP contribution in [0, 0.1) is 24.0 Å². The van der Waals surface area contributed by atoms with Gasteiger partial charge in [0, 0.05) is 17.2 Å². The summed E-state index contributed by atoms with van der Waals surface area (Å²) in [5, 5.41) is 14.9. The van der Waals surface area contributed by atoms with Crippen molar-refractivity contribution in [3.05, 3.63) is 51.3 Å². The van der Waals surface area contributed by atoms with Crippen LogP contribution in [0.2, 0.25) is 0 Å². The lowest BCUT2D eigenvalue weighted by Gasteiger charge is -1.99. The zero-order valence-corrected chi connectivity index (χ0v) is 10.6. The lowest BCUT2D eigenvalue weighted by atomic mass is 10.1. The number of nitrogen functional groups attached to an aromatic ring is 1. The SMILES string of the molecule is Cc1cn(N=Cc2ccc(C)c([N+](=O)[O-])c2)c(N)n1. The van der Waals surface area contributed by atoms with Gasteiger partial charge in [0.2, 0.25) is 5.95 Å². The number of hydrogen-bond donors (Lipinski definition) is 1. The number of rotatable bonds is 3. The number of nitro benzene ring substituents is 1. The Morgan fingerprint density at radius 2 is 2.21 bits per heavy atom. The first-order valence-corrected chi connectivity index (χ1v) is 5.58. The van der Waals surface area contributed by atoms with Crippen molar-refractivity contribution in [2.75, 3.05) is 5.73 Å². The highest BCUT2D eigenvalue weighted by atomic mass is 16.6. The van der Waals surface area contributed by atoms with E-state index in [9.17, 15) is 10.1 Å². The van der Waals surface area contributed by atoms with Crippen molar-refractivity contribution in [1.29, 1.82) is 0 Å². The summed E-state index contributed by atoms with van der Waals surface area (Å²) < 4.78 is 1.42. The minimum absolute atomic E-state index is 0.0683. The normalized spacial score (nSPS) is 11.1. The molecular weight excluding hydrogens is 246 g/mol. The van der Waals surface area contributed by atoms with Gasteiger partial charge in [-0.05, 0) is 13.8 Å². The van der Waals surface area contributed by atoms with Crippen molar-refractivity contribution in [1.82, 2.24) is 9.66 Å². The molecule has 7 nitrogen and oxygen atoms in total. The number of nitrogens with two attached hydrogens (primary N) is 1. The van der Waals surface area contributed by atoms with Gasteiger partial charge in [-0.3, -0.25) is 10.1 Å². The molecule has 0 unspecified atom stereocenters. The van der Waals surface area contributed by atoms with Crippen LogP contribution < -0.4 is 5.73 Å². The van der Waals surface area contributed by atoms with Crippen LogP contribution in [0.3, 0.4) is 0 Å². The van der Waals surface area contributed by atoms with Crippen LogP contribution in [0.1, 0.15) is 16.8 Å². The molecule has 1 aromatic carbocycles. The molecule has 2 rings (SSSR count). The summed E-state index contributed by atoms with van der Waals surface area (Å²) in [4.78, 5) is 14.4. The lowest BCUT2D eigenvalue weighted by Crippen LogP contribution is -1.98. The van der Waals surface area contributed by atoms with E-state index in [1.807, 2.05) is 0 Å². The van der Waals surface area contributed by atoms with E-state index in [1.165, 1.54) is 17.0 Å². The monoisotopic (exact) mass is 259 g/mol. The van der Waals surface area contributed by atoms with Gasteiger partial charge in [0.05, 0.1) is 23.0 Å². The molecule has 98 valence electrons. The van der Waals surface area contributed by atoms with E-state index in [1.54, 1.807) is 32.2 Å². The maximum absolute atomic E-state index is 10.8. The summed E-state index contributed by atoms with van der Waals surface area (Å²) in [5.41, 5.74) is 7.70. The molecule has 0 saturated heterocycles. The second-order valence-electron chi connectivity index (χ2n) is 4.13. The molecule has 0 bridgehead atoms. The Kier molecular flexibility index (Phi) is 3.28. The van der Waals surface area contributed by atoms with Gasteiger partial charge < -0.3 is 5.73 Å². The fraction of sp³-hybridized carbons (Fsp3) is 0.167. The Hall–Kier alpha value is -2.70. The van der Waals surface area contributed by atoms with E-state index in [2.05, 4.69) is 10.1 Å². The fourth-order valence-corrected chi connectivity index (χ4v) is 1.63. The smallest absolute Gasteiger partial charge is 0.272 e.